The second-order valence-electron chi connectivity index (χ2n) is 4.86. The molecular weight excluding hydrogens is 375 g/mol. The minimum Gasteiger partial charge on any atom is -0.478 e. The minimum absolute atomic E-state index is 0.331. The molecule has 0 aromatic heterocycles. The number of carboxylic acid groups (broad SMARTS) is 1. The van der Waals surface area contributed by atoms with Crippen molar-refractivity contribution < 1.29 is 19.4 Å². The van der Waals surface area contributed by atoms with Crippen molar-refractivity contribution in [2.24, 2.45) is 0 Å². The number of carbonyl (C=O) groups is 2. The third kappa shape index (κ3) is 9.67. The maximum atomic E-state index is 10.9. The van der Waals surface area contributed by atoms with Gasteiger partial charge in [0.05, 0.1) is 6.61 Å². The Morgan fingerprint density at radius 3 is 1.69 bits per heavy atom. The van der Waals surface area contributed by atoms with Gasteiger partial charge in [0.15, 0.2) is 0 Å². The summed E-state index contributed by atoms with van der Waals surface area (Å²) in [5.74, 6) is -1.28. The van der Waals surface area contributed by atoms with Gasteiger partial charge in [0.2, 0.25) is 0 Å². The van der Waals surface area contributed by atoms with E-state index in [1.165, 1.54) is 12.2 Å². The molecule has 0 aliphatic carbocycles. The van der Waals surface area contributed by atoms with Crippen LogP contribution in [0.15, 0.2) is 60.7 Å². The monoisotopic (exact) mass is 392 g/mol. The summed E-state index contributed by atoms with van der Waals surface area (Å²) >= 11 is 11.3. The molecule has 0 unspecified atom stereocenters. The van der Waals surface area contributed by atoms with Gasteiger partial charge in [0.1, 0.15) is 0 Å². The fraction of sp³-hybridized carbons (Fsp3) is 0.100. The molecule has 0 aliphatic rings. The van der Waals surface area contributed by atoms with E-state index in [2.05, 4.69) is 0 Å². The number of benzene rings is 2. The van der Waals surface area contributed by atoms with Crippen LogP contribution in [-0.4, -0.2) is 23.7 Å². The molecule has 2 aromatic rings. The first-order valence-corrected chi connectivity index (χ1v) is 8.43. The molecule has 4 nitrogen and oxygen atoms in total. The minimum atomic E-state index is -0.954. The van der Waals surface area contributed by atoms with Crippen molar-refractivity contribution in [3.8, 4) is 0 Å². The topological polar surface area (TPSA) is 63.6 Å². The van der Waals surface area contributed by atoms with Crippen molar-refractivity contribution in [1.82, 2.24) is 0 Å². The summed E-state index contributed by atoms with van der Waals surface area (Å²) in [6.45, 7) is 2.16. The molecule has 136 valence electrons. The maximum absolute atomic E-state index is 10.9. The molecule has 6 heteroatoms. The molecule has 0 atom stereocenters. The highest BCUT2D eigenvalue weighted by Gasteiger charge is 1.93. The third-order valence-corrected chi connectivity index (χ3v) is 3.36. The number of esters is 1. The molecule has 0 amide bonds. The highest BCUT2D eigenvalue weighted by molar-refractivity contribution is 6.30. The van der Waals surface area contributed by atoms with Crippen LogP contribution < -0.4 is 0 Å². The predicted molar refractivity (Wildman–Crippen MR) is 105 cm³/mol. The van der Waals surface area contributed by atoms with Crippen molar-refractivity contribution in [3.63, 3.8) is 0 Å². The number of carbonyl (C=O) groups excluding carboxylic acids is 1. The van der Waals surface area contributed by atoms with Crippen molar-refractivity contribution in [2.75, 3.05) is 6.61 Å². The predicted octanol–water partition coefficient (Wildman–Crippen LogP) is 5.35. The molecule has 0 fully saturated rings. The summed E-state index contributed by atoms with van der Waals surface area (Å²) in [4.78, 5) is 21.1. The molecule has 0 radical (unpaired) electrons. The zero-order valence-corrected chi connectivity index (χ0v) is 15.6. The van der Waals surface area contributed by atoms with E-state index in [1.54, 1.807) is 49.4 Å². The normalized spacial score (nSPS) is 10.4. The average molecular weight is 393 g/mol. The van der Waals surface area contributed by atoms with Crippen LogP contribution in [0.3, 0.4) is 0 Å². The van der Waals surface area contributed by atoms with Crippen LogP contribution in [0.2, 0.25) is 10.0 Å². The van der Waals surface area contributed by atoms with Gasteiger partial charge in [-0.05, 0) is 54.5 Å². The lowest BCUT2D eigenvalue weighted by Crippen LogP contribution is -1.98. The first-order valence-electron chi connectivity index (χ1n) is 7.67. The van der Waals surface area contributed by atoms with Gasteiger partial charge < -0.3 is 9.84 Å². The number of hydrogen-bond acceptors (Lipinski definition) is 3. The number of halogens is 2. The highest BCUT2D eigenvalue weighted by Crippen LogP contribution is 2.11. The zero-order chi connectivity index (χ0) is 19.4. The van der Waals surface area contributed by atoms with E-state index >= 15 is 0 Å². The van der Waals surface area contributed by atoms with E-state index in [0.717, 1.165) is 17.2 Å². The summed E-state index contributed by atoms with van der Waals surface area (Å²) in [5.41, 5.74) is 1.74. The molecular formula is C20H18Cl2O4. The lowest BCUT2D eigenvalue weighted by Gasteiger charge is -1.95. The quantitative estimate of drug-likeness (QED) is 0.549. The zero-order valence-electron chi connectivity index (χ0n) is 14.1. The second kappa shape index (κ2) is 11.9. The Labute approximate surface area is 162 Å². The summed E-state index contributed by atoms with van der Waals surface area (Å²) in [6, 6.07) is 14.1. The third-order valence-electron chi connectivity index (χ3n) is 2.86. The van der Waals surface area contributed by atoms with Crippen LogP contribution in [0.25, 0.3) is 12.2 Å². The molecule has 2 rings (SSSR count). The van der Waals surface area contributed by atoms with Crippen LogP contribution in [0, 0.1) is 0 Å². The standard InChI is InChI=1S/C11H11ClO2.C9H7ClO2/c1-2-14-11(13)8-5-9-3-6-10(12)7-4-9;10-8-4-1-7(2-5-8)3-6-9(11)12/h3-8H,2H2,1H3;1-6H,(H,11,12). The number of rotatable bonds is 5. The van der Waals surface area contributed by atoms with Gasteiger partial charge in [-0.15, -0.1) is 0 Å². The van der Waals surface area contributed by atoms with E-state index in [1.807, 2.05) is 12.1 Å². The van der Waals surface area contributed by atoms with Crippen molar-refractivity contribution in [3.05, 3.63) is 81.9 Å². The summed E-state index contributed by atoms with van der Waals surface area (Å²) in [7, 11) is 0. The Balaban J connectivity index is 0.000000263. The summed E-state index contributed by atoms with van der Waals surface area (Å²) in [5, 5.41) is 9.64. The molecule has 0 bridgehead atoms. The molecule has 1 N–H and O–H groups in total. The van der Waals surface area contributed by atoms with Gasteiger partial charge in [-0.2, -0.15) is 0 Å². The molecule has 2 aromatic carbocycles. The Morgan fingerprint density at radius 2 is 1.31 bits per heavy atom. The lowest BCUT2D eigenvalue weighted by molar-refractivity contribution is -0.137. The van der Waals surface area contributed by atoms with Crippen molar-refractivity contribution >= 4 is 47.3 Å². The molecule has 0 spiro atoms. The van der Waals surface area contributed by atoms with Crippen LogP contribution in [-0.2, 0) is 14.3 Å². The summed E-state index contributed by atoms with van der Waals surface area (Å²) in [6.07, 6.45) is 5.68. The second-order valence-corrected chi connectivity index (χ2v) is 5.73. The van der Waals surface area contributed by atoms with Crippen LogP contribution in [0.5, 0.6) is 0 Å². The highest BCUT2D eigenvalue weighted by atomic mass is 35.5. The van der Waals surface area contributed by atoms with E-state index in [9.17, 15) is 9.59 Å². The lowest BCUT2D eigenvalue weighted by atomic mass is 10.2. The van der Waals surface area contributed by atoms with Crippen LogP contribution in [0.4, 0.5) is 0 Å². The number of ether oxygens (including phenoxy) is 1. The number of hydrogen-bond donors (Lipinski definition) is 1. The van der Waals surface area contributed by atoms with Crippen molar-refractivity contribution in [1.29, 1.82) is 0 Å². The van der Waals surface area contributed by atoms with Gasteiger partial charge in [0.25, 0.3) is 0 Å². The average Bonchev–Trinajstić information content (AvgIpc) is 2.61. The number of carboxylic acids is 1. The van der Waals surface area contributed by atoms with Gasteiger partial charge in [-0.25, -0.2) is 9.59 Å². The molecule has 0 saturated carbocycles. The van der Waals surface area contributed by atoms with E-state index < -0.39 is 5.97 Å². The van der Waals surface area contributed by atoms with Gasteiger partial charge >= 0.3 is 11.9 Å². The van der Waals surface area contributed by atoms with Crippen LogP contribution in [0.1, 0.15) is 18.1 Å². The van der Waals surface area contributed by atoms with Gasteiger partial charge in [-0.3, -0.25) is 0 Å². The molecule has 0 aliphatic heterocycles. The van der Waals surface area contributed by atoms with Gasteiger partial charge in [0, 0.05) is 22.2 Å². The van der Waals surface area contributed by atoms with E-state index in [4.69, 9.17) is 33.0 Å². The first kappa shape index (κ1) is 21.5. The fourth-order valence-electron chi connectivity index (χ4n) is 1.67. The van der Waals surface area contributed by atoms with Crippen molar-refractivity contribution in [2.45, 2.75) is 6.92 Å². The SMILES string of the molecule is CCOC(=O)C=Cc1ccc(Cl)cc1.O=C(O)C=Cc1ccc(Cl)cc1. The Bertz CT molecular complexity index is 763. The van der Waals surface area contributed by atoms with Crippen LogP contribution >= 0.6 is 23.2 Å². The maximum Gasteiger partial charge on any atom is 0.330 e. The smallest absolute Gasteiger partial charge is 0.330 e. The Morgan fingerprint density at radius 1 is 0.885 bits per heavy atom. The largest absolute Gasteiger partial charge is 0.478 e. The Kier molecular flexibility index (Phi) is 9.83. The van der Waals surface area contributed by atoms with E-state index in [0.29, 0.717) is 16.7 Å². The number of aliphatic carboxylic acids is 1. The molecule has 0 heterocycles. The molecule has 0 saturated heterocycles. The van der Waals surface area contributed by atoms with Gasteiger partial charge in [-0.1, -0.05) is 47.5 Å². The fourth-order valence-corrected chi connectivity index (χ4v) is 1.92. The Hall–Kier alpha value is -2.56. The molecule has 26 heavy (non-hydrogen) atoms. The van der Waals surface area contributed by atoms with E-state index in [-0.39, 0.29) is 5.97 Å². The first-order chi connectivity index (χ1) is 12.4. The summed E-state index contributed by atoms with van der Waals surface area (Å²) < 4.78 is 4.74.